The van der Waals surface area contributed by atoms with E-state index in [1.54, 1.807) is 6.08 Å². The monoisotopic (exact) mass is 270 g/mol. The molecule has 1 aromatic carbocycles. The summed E-state index contributed by atoms with van der Waals surface area (Å²) in [4.78, 5) is 15.5. The number of rotatable bonds is 3. The van der Waals surface area contributed by atoms with Gasteiger partial charge in [-0.05, 0) is 43.0 Å². The Bertz CT molecular complexity index is 710. The molecule has 4 N–H and O–H groups in total. The summed E-state index contributed by atoms with van der Waals surface area (Å²) in [5.74, 6) is 0.483. The first-order valence-electron chi connectivity index (χ1n) is 6.73. The molecule has 20 heavy (non-hydrogen) atoms. The van der Waals surface area contributed by atoms with E-state index in [4.69, 9.17) is 11.5 Å². The number of aromatic nitrogens is 2. The van der Waals surface area contributed by atoms with Gasteiger partial charge in [-0.1, -0.05) is 6.07 Å². The molecule has 1 heterocycles. The number of benzene rings is 1. The second-order valence-corrected chi connectivity index (χ2v) is 5.49. The van der Waals surface area contributed by atoms with Gasteiger partial charge in [0.15, 0.2) is 0 Å². The maximum atomic E-state index is 10.8. The number of aryl methyl sites for hydroxylation is 1. The lowest BCUT2D eigenvalue weighted by atomic mass is 9.77. The third kappa shape index (κ3) is 2.00. The van der Waals surface area contributed by atoms with Crippen LogP contribution in [0.5, 0.6) is 0 Å². The molecule has 1 aliphatic rings. The fraction of sp³-hybridized carbons (Fsp3) is 0.333. The molecule has 1 amide bonds. The number of carbonyl (C=O) groups is 1. The van der Waals surface area contributed by atoms with E-state index in [1.165, 1.54) is 6.08 Å². The van der Waals surface area contributed by atoms with E-state index in [1.807, 2.05) is 25.2 Å². The van der Waals surface area contributed by atoms with Crippen LogP contribution in [-0.4, -0.2) is 15.5 Å². The number of nitrogens with zero attached hydrogens (tertiary/aromatic N) is 2. The SMILES string of the molecule is Cn1c(C2(N)CCC2)nc2cc(C=CC(N)=O)ccc21. The van der Waals surface area contributed by atoms with Crippen molar-refractivity contribution >= 4 is 23.0 Å². The van der Waals surface area contributed by atoms with Gasteiger partial charge in [0.1, 0.15) is 5.82 Å². The fourth-order valence-corrected chi connectivity index (χ4v) is 2.73. The average Bonchev–Trinajstić information content (AvgIpc) is 2.71. The smallest absolute Gasteiger partial charge is 0.241 e. The second kappa shape index (κ2) is 4.45. The van der Waals surface area contributed by atoms with Crippen molar-refractivity contribution in [2.75, 3.05) is 0 Å². The highest BCUT2D eigenvalue weighted by Crippen LogP contribution is 2.38. The fourth-order valence-electron chi connectivity index (χ4n) is 2.73. The van der Waals surface area contributed by atoms with E-state index in [9.17, 15) is 4.79 Å². The molecule has 5 nitrogen and oxygen atoms in total. The summed E-state index contributed by atoms with van der Waals surface area (Å²) in [6, 6.07) is 5.88. The Labute approximate surface area is 117 Å². The van der Waals surface area contributed by atoms with E-state index < -0.39 is 5.91 Å². The van der Waals surface area contributed by atoms with E-state index >= 15 is 0 Å². The Balaban J connectivity index is 2.05. The van der Waals surface area contributed by atoms with Crippen LogP contribution in [-0.2, 0) is 17.4 Å². The summed E-state index contributed by atoms with van der Waals surface area (Å²) in [5.41, 5.74) is 14.0. The van der Waals surface area contributed by atoms with Gasteiger partial charge in [-0.3, -0.25) is 4.79 Å². The van der Waals surface area contributed by atoms with Crippen LogP contribution in [0.1, 0.15) is 30.7 Å². The quantitative estimate of drug-likeness (QED) is 0.827. The molecule has 0 bridgehead atoms. The van der Waals surface area contributed by atoms with Crippen molar-refractivity contribution < 1.29 is 4.79 Å². The van der Waals surface area contributed by atoms with Gasteiger partial charge in [-0.2, -0.15) is 0 Å². The number of hydrogen-bond donors (Lipinski definition) is 2. The first kappa shape index (κ1) is 12.9. The first-order chi connectivity index (χ1) is 9.49. The molecule has 0 aliphatic heterocycles. The van der Waals surface area contributed by atoms with E-state index in [2.05, 4.69) is 9.55 Å². The lowest BCUT2D eigenvalue weighted by Gasteiger charge is -2.37. The molecule has 0 atom stereocenters. The third-order valence-corrected chi connectivity index (χ3v) is 4.04. The summed E-state index contributed by atoms with van der Waals surface area (Å²) >= 11 is 0. The highest BCUT2D eigenvalue weighted by atomic mass is 16.1. The molecule has 104 valence electrons. The van der Waals surface area contributed by atoms with Crippen LogP contribution in [0.15, 0.2) is 24.3 Å². The molecule has 1 aromatic heterocycles. The predicted octanol–water partition coefficient (Wildman–Crippen LogP) is 1.41. The Morgan fingerprint density at radius 1 is 1.45 bits per heavy atom. The van der Waals surface area contributed by atoms with Gasteiger partial charge in [0.25, 0.3) is 0 Å². The number of hydrogen-bond acceptors (Lipinski definition) is 3. The molecule has 0 spiro atoms. The summed E-state index contributed by atoms with van der Waals surface area (Å²) in [7, 11) is 2.00. The van der Waals surface area contributed by atoms with Crippen molar-refractivity contribution in [3.8, 4) is 0 Å². The van der Waals surface area contributed by atoms with Gasteiger partial charge in [0, 0.05) is 13.1 Å². The lowest BCUT2D eigenvalue weighted by molar-refractivity contribution is -0.113. The highest BCUT2D eigenvalue weighted by molar-refractivity contribution is 5.91. The van der Waals surface area contributed by atoms with Crippen molar-refractivity contribution in [2.24, 2.45) is 18.5 Å². The number of imidazole rings is 1. The third-order valence-electron chi connectivity index (χ3n) is 4.04. The Morgan fingerprint density at radius 3 is 2.80 bits per heavy atom. The zero-order valence-corrected chi connectivity index (χ0v) is 11.5. The topological polar surface area (TPSA) is 86.9 Å². The Kier molecular flexibility index (Phi) is 2.87. The molecular formula is C15H18N4O. The summed E-state index contributed by atoms with van der Waals surface area (Å²) in [6.45, 7) is 0. The van der Waals surface area contributed by atoms with E-state index in [-0.39, 0.29) is 5.54 Å². The number of fused-ring (bicyclic) bond motifs is 1. The van der Waals surface area contributed by atoms with Gasteiger partial charge in [-0.15, -0.1) is 0 Å². The van der Waals surface area contributed by atoms with E-state index in [0.29, 0.717) is 0 Å². The molecule has 3 rings (SSSR count). The normalized spacial score (nSPS) is 17.5. The van der Waals surface area contributed by atoms with Gasteiger partial charge in [0.05, 0.1) is 16.6 Å². The minimum atomic E-state index is -0.456. The zero-order chi connectivity index (χ0) is 14.3. The largest absolute Gasteiger partial charge is 0.366 e. The predicted molar refractivity (Wildman–Crippen MR) is 78.7 cm³/mol. The molecule has 1 fully saturated rings. The Morgan fingerprint density at radius 2 is 2.20 bits per heavy atom. The molecule has 0 saturated heterocycles. The van der Waals surface area contributed by atoms with Gasteiger partial charge in [0.2, 0.25) is 5.91 Å². The van der Waals surface area contributed by atoms with Crippen LogP contribution in [0, 0.1) is 0 Å². The maximum Gasteiger partial charge on any atom is 0.241 e. The molecule has 0 radical (unpaired) electrons. The Hall–Kier alpha value is -2.14. The number of primary amides is 1. The number of amides is 1. The van der Waals surface area contributed by atoms with Crippen molar-refractivity contribution in [1.29, 1.82) is 0 Å². The van der Waals surface area contributed by atoms with Crippen molar-refractivity contribution in [2.45, 2.75) is 24.8 Å². The van der Waals surface area contributed by atoms with Crippen LogP contribution in [0.3, 0.4) is 0 Å². The number of nitrogens with two attached hydrogens (primary N) is 2. The van der Waals surface area contributed by atoms with Crippen LogP contribution < -0.4 is 11.5 Å². The van der Waals surface area contributed by atoms with Crippen molar-refractivity contribution in [1.82, 2.24) is 9.55 Å². The van der Waals surface area contributed by atoms with Crippen LogP contribution >= 0.6 is 0 Å². The van der Waals surface area contributed by atoms with Crippen LogP contribution in [0.25, 0.3) is 17.1 Å². The maximum absolute atomic E-state index is 10.8. The van der Waals surface area contributed by atoms with Crippen LogP contribution in [0.2, 0.25) is 0 Å². The minimum Gasteiger partial charge on any atom is -0.366 e. The molecular weight excluding hydrogens is 252 g/mol. The molecule has 2 aromatic rings. The van der Waals surface area contributed by atoms with Gasteiger partial charge in [-0.25, -0.2) is 4.98 Å². The second-order valence-electron chi connectivity index (χ2n) is 5.49. The summed E-state index contributed by atoms with van der Waals surface area (Å²) in [6.07, 6.45) is 6.17. The summed E-state index contributed by atoms with van der Waals surface area (Å²) < 4.78 is 2.07. The molecule has 0 unspecified atom stereocenters. The standard InChI is InChI=1S/C15H18N4O/c1-19-12-5-3-10(4-6-13(16)20)9-11(12)18-14(19)15(17)7-2-8-15/h3-6,9H,2,7-8,17H2,1H3,(H2,16,20). The molecule has 1 saturated carbocycles. The lowest BCUT2D eigenvalue weighted by Crippen LogP contribution is -2.45. The average molecular weight is 270 g/mol. The molecule has 5 heteroatoms. The van der Waals surface area contributed by atoms with E-state index in [0.717, 1.165) is 41.7 Å². The van der Waals surface area contributed by atoms with Gasteiger partial charge >= 0.3 is 0 Å². The van der Waals surface area contributed by atoms with Crippen LogP contribution in [0.4, 0.5) is 0 Å². The number of carbonyl (C=O) groups excluding carboxylic acids is 1. The first-order valence-corrected chi connectivity index (χ1v) is 6.73. The van der Waals surface area contributed by atoms with Crippen molar-refractivity contribution in [3.63, 3.8) is 0 Å². The molecule has 1 aliphatic carbocycles. The van der Waals surface area contributed by atoms with Crippen molar-refractivity contribution in [3.05, 3.63) is 35.7 Å². The highest BCUT2D eigenvalue weighted by Gasteiger charge is 2.38. The summed E-state index contributed by atoms with van der Waals surface area (Å²) in [5, 5.41) is 0. The zero-order valence-electron chi connectivity index (χ0n) is 11.5. The minimum absolute atomic E-state index is 0.281. The van der Waals surface area contributed by atoms with Gasteiger partial charge < -0.3 is 16.0 Å².